The number of benzene rings is 2. The van der Waals surface area contributed by atoms with Gasteiger partial charge in [0.2, 0.25) is 0 Å². The molecule has 2 aromatic carbocycles. The average molecular weight is 352 g/mol. The lowest BCUT2D eigenvalue weighted by atomic mass is 9.45. The standard InChI is InChI=1S/C22H25O2P/c1-22(2)15-13-18(22)20(21(23)24)19(14-15)25(16-9-5-3-6-10-16)17-11-7-4-8-12-17/h3-12,15,18-20H,13-14H2,1-2H3,(H,23,24)/t15-,18+,19+,20+/m0/s1. The van der Waals surface area contributed by atoms with Crippen LogP contribution in [0.5, 0.6) is 0 Å². The maximum absolute atomic E-state index is 12.3. The highest BCUT2D eigenvalue weighted by atomic mass is 31.1. The lowest BCUT2D eigenvalue weighted by Gasteiger charge is -2.62. The van der Waals surface area contributed by atoms with Gasteiger partial charge in [0.25, 0.3) is 0 Å². The zero-order chi connectivity index (χ0) is 17.6. The molecular weight excluding hydrogens is 327 g/mol. The fourth-order valence-electron chi connectivity index (χ4n) is 5.08. The molecule has 5 rings (SSSR count). The van der Waals surface area contributed by atoms with Crippen molar-refractivity contribution in [3.63, 3.8) is 0 Å². The number of carbonyl (C=O) groups is 1. The van der Waals surface area contributed by atoms with Gasteiger partial charge in [-0.1, -0.05) is 74.5 Å². The van der Waals surface area contributed by atoms with Crippen LogP contribution in [0.3, 0.4) is 0 Å². The molecule has 2 aromatic rings. The first-order valence-corrected chi connectivity index (χ1v) is 10.5. The van der Waals surface area contributed by atoms with Gasteiger partial charge >= 0.3 is 5.97 Å². The minimum absolute atomic E-state index is 0.175. The summed E-state index contributed by atoms with van der Waals surface area (Å²) in [5.41, 5.74) is 0.405. The molecule has 0 heterocycles. The van der Waals surface area contributed by atoms with E-state index in [0.717, 1.165) is 12.8 Å². The van der Waals surface area contributed by atoms with Crippen molar-refractivity contribution < 1.29 is 9.90 Å². The zero-order valence-corrected chi connectivity index (χ0v) is 15.7. The first-order valence-electron chi connectivity index (χ1n) is 9.12. The largest absolute Gasteiger partial charge is 0.481 e. The Hall–Kier alpha value is -1.66. The van der Waals surface area contributed by atoms with E-state index in [1.165, 1.54) is 10.6 Å². The average Bonchev–Trinajstić information content (AvgIpc) is 2.63. The molecule has 0 spiro atoms. The van der Waals surface area contributed by atoms with E-state index >= 15 is 0 Å². The third-order valence-corrected chi connectivity index (χ3v) is 9.51. The Labute approximate surface area is 151 Å². The number of rotatable bonds is 4. The van der Waals surface area contributed by atoms with Gasteiger partial charge in [0, 0.05) is 5.66 Å². The number of hydrogen-bond donors (Lipinski definition) is 1. The van der Waals surface area contributed by atoms with Crippen LogP contribution >= 0.6 is 7.92 Å². The first-order chi connectivity index (χ1) is 12.0. The third kappa shape index (κ3) is 2.72. The molecule has 3 heteroatoms. The third-order valence-electron chi connectivity index (χ3n) is 6.61. The summed E-state index contributed by atoms with van der Waals surface area (Å²) in [7, 11) is -0.659. The molecule has 1 N–H and O–H groups in total. The lowest BCUT2D eigenvalue weighted by molar-refractivity contribution is -0.163. The van der Waals surface area contributed by atoms with Gasteiger partial charge in [0.1, 0.15) is 0 Å². The monoisotopic (exact) mass is 352 g/mol. The molecule has 25 heavy (non-hydrogen) atoms. The number of carboxylic acid groups (broad SMARTS) is 1. The summed E-state index contributed by atoms with van der Waals surface area (Å²) in [6, 6.07) is 21.1. The fraction of sp³-hybridized carbons (Fsp3) is 0.409. The molecule has 3 aliphatic rings. The van der Waals surface area contributed by atoms with Crippen molar-refractivity contribution in [2.45, 2.75) is 32.3 Å². The van der Waals surface area contributed by atoms with E-state index in [4.69, 9.17) is 0 Å². The molecule has 0 aliphatic heterocycles. The highest BCUT2D eigenvalue weighted by Gasteiger charge is 2.61. The maximum atomic E-state index is 12.3. The Bertz CT molecular complexity index is 717. The summed E-state index contributed by atoms with van der Waals surface area (Å²) in [5, 5.41) is 12.7. The molecule has 3 aliphatic carbocycles. The van der Waals surface area contributed by atoms with E-state index in [-0.39, 0.29) is 17.0 Å². The van der Waals surface area contributed by atoms with Gasteiger partial charge in [-0.2, -0.15) is 0 Å². The molecule has 0 unspecified atom stereocenters. The highest BCUT2D eigenvalue weighted by molar-refractivity contribution is 7.73. The maximum Gasteiger partial charge on any atom is 0.307 e. The van der Waals surface area contributed by atoms with Gasteiger partial charge in [0.05, 0.1) is 5.92 Å². The van der Waals surface area contributed by atoms with E-state index in [2.05, 4.69) is 62.4 Å². The second kappa shape index (κ2) is 6.25. The molecule has 130 valence electrons. The van der Waals surface area contributed by atoms with Crippen LogP contribution in [0.15, 0.2) is 60.7 Å². The van der Waals surface area contributed by atoms with Crippen molar-refractivity contribution in [2.24, 2.45) is 23.2 Å². The normalized spacial score (nSPS) is 29.9. The van der Waals surface area contributed by atoms with Crippen LogP contribution in [-0.4, -0.2) is 16.7 Å². The molecule has 4 atom stereocenters. The molecule has 0 amide bonds. The Kier molecular flexibility index (Phi) is 4.20. The molecule has 3 saturated carbocycles. The topological polar surface area (TPSA) is 37.3 Å². The molecule has 0 aromatic heterocycles. The van der Waals surface area contributed by atoms with E-state index in [1.807, 2.05) is 12.1 Å². The Morgan fingerprint density at radius 1 is 0.960 bits per heavy atom. The Morgan fingerprint density at radius 3 is 1.92 bits per heavy atom. The zero-order valence-electron chi connectivity index (χ0n) is 14.8. The van der Waals surface area contributed by atoms with Crippen molar-refractivity contribution in [1.29, 1.82) is 0 Å². The summed E-state index contributed by atoms with van der Waals surface area (Å²) in [6.07, 6.45) is 2.13. The van der Waals surface area contributed by atoms with Crippen molar-refractivity contribution in [1.82, 2.24) is 0 Å². The highest BCUT2D eigenvalue weighted by Crippen LogP contribution is 2.66. The van der Waals surface area contributed by atoms with Crippen LogP contribution in [0.4, 0.5) is 0 Å². The van der Waals surface area contributed by atoms with Crippen LogP contribution in [0.1, 0.15) is 26.7 Å². The van der Waals surface area contributed by atoms with Gasteiger partial charge < -0.3 is 5.11 Å². The Balaban J connectivity index is 1.78. The van der Waals surface area contributed by atoms with Crippen molar-refractivity contribution >= 4 is 24.5 Å². The van der Waals surface area contributed by atoms with Gasteiger partial charge in [-0.05, 0) is 48.6 Å². The summed E-state index contributed by atoms with van der Waals surface area (Å²) in [4.78, 5) is 12.3. The molecular formula is C22H25O2P. The second-order valence-electron chi connectivity index (χ2n) is 8.07. The number of hydrogen-bond acceptors (Lipinski definition) is 1. The van der Waals surface area contributed by atoms with Crippen LogP contribution in [0, 0.1) is 23.2 Å². The minimum Gasteiger partial charge on any atom is -0.481 e. The smallest absolute Gasteiger partial charge is 0.307 e. The Morgan fingerprint density at radius 2 is 1.48 bits per heavy atom. The van der Waals surface area contributed by atoms with Crippen molar-refractivity contribution in [3.8, 4) is 0 Å². The van der Waals surface area contributed by atoms with Gasteiger partial charge in [-0.25, -0.2) is 0 Å². The summed E-state index contributed by atoms with van der Waals surface area (Å²) in [5.74, 6) is 0.147. The van der Waals surface area contributed by atoms with E-state index in [9.17, 15) is 9.90 Å². The summed E-state index contributed by atoms with van der Waals surface area (Å²) >= 11 is 0. The quantitative estimate of drug-likeness (QED) is 0.835. The first kappa shape index (κ1) is 16.8. The predicted octanol–water partition coefficient (Wildman–Crippen LogP) is 4.25. The predicted molar refractivity (Wildman–Crippen MR) is 104 cm³/mol. The summed E-state index contributed by atoms with van der Waals surface area (Å²) in [6.45, 7) is 4.54. The fourth-order valence-corrected chi connectivity index (χ4v) is 8.26. The van der Waals surface area contributed by atoms with E-state index < -0.39 is 13.9 Å². The van der Waals surface area contributed by atoms with Gasteiger partial charge in [0.15, 0.2) is 0 Å². The van der Waals surface area contributed by atoms with E-state index in [1.54, 1.807) is 0 Å². The van der Waals surface area contributed by atoms with Gasteiger partial charge in [-0.3, -0.25) is 4.79 Å². The SMILES string of the molecule is CC1(C)[C@@H]2C[C@@H](P(c3ccccc3)c3ccccc3)[C@H](C(=O)O)[C@H]1C2. The molecule has 0 radical (unpaired) electrons. The van der Waals surface area contributed by atoms with Crippen LogP contribution in [-0.2, 0) is 4.79 Å². The second-order valence-corrected chi connectivity index (χ2v) is 10.5. The van der Waals surface area contributed by atoms with Crippen LogP contribution in [0.2, 0.25) is 0 Å². The number of carboxylic acids is 1. The number of fused-ring (bicyclic) bond motifs is 2. The molecule has 2 bridgehead atoms. The summed E-state index contributed by atoms with van der Waals surface area (Å²) < 4.78 is 0. The lowest BCUT2D eigenvalue weighted by Crippen LogP contribution is -2.59. The molecule has 0 saturated heterocycles. The van der Waals surface area contributed by atoms with Crippen LogP contribution in [0.25, 0.3) is 0 Å². The van der Waals surface area contributed by atoms with Crippen molar-refractivity contribution in [3.05, 3.63) is 60.7 Å². The molecule has 3 fully saturated rings. The minimum atomic E-state index is -0.659. The van der Waals surface area contributed by atoms with Gasteiger partial charge in [-0.15, -0.1) is 0 Å². The molecule has 2 nitrogen and oxygen atoms in total. The van der Waals surface area contributed by atoms with Crippen molar-refractivity contribution in [2.75, 3.05) is 0 Å². The van der Waals surface area contributed by atoms with E-state index in [0.29, 0.717) is 11.8 Å². The van der Waals surface area contributed by atoms with Crippen LogP contribution < -0.4 is 10.6 Å². The number of aliphatic carboxylic acids is 1.